The molecule has 0 aliphatic carbocycles. The summed E-state index contributed by atoms with van der Waals surface area (Å²) in [5.74, 6) is -0.404. The molecule has 0 spiro atoms. The van der Waals surface area contributed by atoms with Crippen LogP contribution in [0.4, 0.5) is 0 Å². The third kappa shape index (κ3) is 5.00. The molecule has 0 saturated carbocycles. The highest BCUT2D eigenvalue weighted by atomic mass is 35.5. The fraction of sp³-hybridized carbons (Fsp3) is 0.750. The molecule has 0 rings (SSSR count). The monoisotopic (exact) mass is 200 g/mol. The van der Waals surface area contributed by atoms with Crippen LogP contribution in [0.15, 0.2) is 0 Å². The molecule has 0 atom stereocenters. The first-order valence-corrected chi connectivity index (χ1v) is 4.94. The Hall–Kier alpha value is -0.330. The van der Waals surface area contributed by atoms with Crippen LogP contribution in [0.2, 0.25) is 0 Å². The molecule has 0 radical (unpaired) electrons. The molecule has 0 unspecified atom stereocenters. The highest BCUT2D eigenvalue weighted by Crippen LogP contribution is 1.85. The molecule has 0 fully saturated rings. The number of hydrogen-bond donors (Lipinski definition) is 2. The third-order valence-corrected chi connectivity index (χ3v) is 2.61. The number of hydrogen-bond acceptors (Lipinski definition) is 3. The van der Waals surface area contributed by atoms with Crippen molar-refractivity contribution in [1.29, 1.82) is 0 Å². The Morgan fingerprint density at radius 2 is 2.09 bits per heavy atom. The van der Waals surface area contributed by atoms with E-state index in [1.807, 2.05) is 4.72 Å². The lowest BCUT2D eigenvalue weighted by molar-refractivity contribution is -0.119. The van der Waals surface area contributed by atoms with Crippen LogP contribution in [0.25, 0.3) is 0 Å². The van der Waals surface area contributed by atoms with Crippen LogP contribution in [-0.2, 0) is 14.8 Å². The number of halogens is 1. The lowest BCUT2D eigenvalue weighted by Gasteiger charge is -2.00. The van der Waals surface area contributed by atoms with Crippen molar-refractivity contribution in [3.8, 4) is 0 Å². The zero-order chi connectivity index (χ0) is 8.91. The molecule has 0 aromatic carbocycles. The fourth-order valence-electron chi connectivity index (χ4n) is 0.302. The Morgan fingerprint density at radius 1 is 1.55 bits per heavy atom. The molecule has 0 aromatic rings. The van der Waals surface area contributed by atoms with Crippen LogP contribution in [0.5, 0.6) is 0 Å². The normalized spacial score (nSPS) is 11.1. The molecule has 0 heterocycles. The largest absolute Gasteiger partial charge is 0.358 e. The van der Waals surface area contributed by atoms with Crippen LogP contribution in [0.1, 0.15) is 0 Å². The quantitative estimate of drug-likeness (QED) is 0.563. The molecular weight excluding hydrogens is 192 g/mol. The summed E-state index contributed by atoms with van der Waals surface area (Å²) in [6, 6.07) is 0. The maximum absolute atomic E-state index is 10.6. The SMILES string of the molecule is CNC(=O)CNS(=O)(=O)CCl. The zero-order valence-electron chi connectivity index (χ0n) is 5.93. The second-order valence-electron chi connectivity index (χ2n) is 1.72. The van der Waals surface area contributed by atoms with Crippen molar-refractivity contribution < 1.29 is 13.2 Å². The van der Waals surface area contributed by atoms with Gasteiger partial charge in [-0.15, -0.1) is 11.6 Å². The van der Waals surface area contributed by atoms with Crippen molar-refractivity contribution in [2.45, 2.75) is 0 Å². The smallest absolute Gasteiger partial charge is 0.234 e. The predicted octanol–water partition coefficient (Wildman–Crippen LogP) is -1.15. The number of likely N-dealkylation sites (N-methyl/N-ethyl adjacent to an activating group) is 1. The molecule has 66 valence electrons. The average molecular weight is 201 g/mol. The van der Waals surface area contributed by atoms with E-state index in [9.17, 15) is 13.2 Å². The number of nitrogens with one attached hydrogen (secondary N) is 2. The number of carbonyl (C=O) groups is 1. The maximum atomic E-state index is 10.6. The van der Waals surface area contributed by atoms with E-state index in [-0.39, 0.29) is 6.54 Å². The first-order valence-electron chi connectivity index (χ1n) is 2.75. The predicted molar refractivity (Wildman–Crippen MR) is 41.7 cm³/mol. The molecule has 0 aliphatic rings. The molecule has 2 N–H and O–H groups in total. The van der Waals surface area contributed by atoms with E-state index >= 15 is 0 Å². The summed E-state index contributed by atoms with van der Waals surface area (Å²) in [5.41, 5.74) is 0. The molecular formula is C4H9ClN2O3S. The minimum absolute atomic E-state index is 0.272. The van der Waals surface area contributed by atoms with E-state index in [0.29, 0.717) is 0 Å². The van der Waals surface area contributed by atoms with Crippen molar-refractivity contribution in [2.75, 3.05) is 18.8 Å². The zero-order valence-corrected chi connectivity index (χ0v) is 7.50. The summed E-state index contributed by atoms with van der Waals surface area (Å²) < 4.78 is 23.2. The summed E-state index contributed by atoms with van der Waals surface area (Å²) in [5, 5.41) is 1.71. The van der Waals surface area contributed by atoms with Crippen molar-refractivity contribution in [3.05, 3.63) is 0 Å². The van der Waals surface area contributed by atoms with Gasteiger partial charge in [0.05, 0.1) is 6.54 Å². The van der Waals surface area contributed by atoms with Gasteiger partial charge in [0, 0.05) is 7.05 Å². The second-order valence-corrected chi connectivity index (χ2v) is 4.11. The van der Waals surface area contributed by atoms with Crippen molar-refractivity contribution in [1.82, 2.24) is 10.0 Å². The lowest BCUT2D eigenvalue weighted by atomic mass is 10.6. The summed E-state index contributed by atoms with van der Waals surface area (Å²) in [7, 11) is -2.06. The van der Waals surface area contributed by atoms with Gasteiger partial charge in [-0.3, -0.25) is 4.79 Å². The lowest BCUT2D eigenvalue weighted by Crippen LogP contribution is -2.35. The van der Waals surface area contributed by atoms with Crippen molar-refractivity contribution in [3.63, 3.8) is 0 Å². The average Bonchev–Trinajstić information content (AvgIpc) is 2.00. The Morgan fingerprint density at radius 3 is 2.45 bits per heavy atom. The first-order chi connectivity index (χ1) is 5.02. The number of carbonyl (C=O) groups excluding carboxylic acids is 1. The van der Waals surface area contributed by atoms with E-state index in [1.165, 1.54) is 7.05 Å². The Bertz CT molecular complexity index is 225. The second kappa shape index (κ2) is 4.53. The van der Waals surface area contributed by atoms with Crippen LogP contribution in [0, 0.1) is 0 Å². The van der Waals surface area contributed by atoms with Gasteiger partial charge in [0.15, 0.2) is 0 Å². The highest BCUT2D eigenvalue weighted by molar-refractivity contribution is 7.90. The Balaban J connectivity index is 3.80. The Kier molecular flexibility index (Phi) is 4.39. The van der Waals surface area contributed by atoms with Crippen molar-refractivity contribution in [2.24, 2.45) is 0 Å². The molecule has 0 saturated heterocycles. The molecule has 5 nitrogen and oxygen atoms in total. The highest BCUT2D eigenvalue weighted by Gasteiger charge is 2.08. The van der Waals surface area contributed by atoms with Crippen LogP contribution < -0.4 is 10.0 Å². The number of alkyl halides is 1. The summed E-state index contributed by atoms with van der Waals surface area (Å²) in [4.78, 5) is 10.5. The third-order valence-electron chi connectivity index (χ3n) is 0.875. The van der Waals surface area contributed by atoms with Gasteiger partial charge in [-0.1, -0.05) is 0 Å². The van der Waals surface area contributed by atoms with Gasteiger partial charge >= 0.3 is 0 Å². The number of amides is 1. The van der Waals surface area contributed by atoms with Gasteiger partial charge in [-0.2, -0.15) is 0 Å². The molecule has 0 aromatic heterocycles. The molecule has 0 bridgehead atoms. The van der Waals surface area contributed by atoms with Gasteiger partial charge in [0.25, 0.3) is 0 Å². The number of rotatable bonds is 4. The van der Waals surface area contributed by atoms with Gasteiger partial charge in [0.1, 0.15) is 5.21 Å². The van der Waals surface area contributed by atoms with E-state index in [0.717, 1.165) is 0 Å². The molecule has 11 heavy (non-hydrogen) atoms. The van der Waals surface area contributed by atoms with Crippen LogP contribution in [-0.4, -0.2) is 33.1 Å². The van der Waals surface area contributed by atoms with Gasteiger partial charge < -0.3 is 5.32 Å². The van der Waals surface area contributed by atoms with Gasteiger partial charge in [-0.05, 0) is 0 Å². The first kappa shape index (κ1) is 10.7. The minimum atomic E-state index is -3.47. The topological polar surface area (TPSA) is 75.3 Å². The van der Waals surface area contributed by atoms with Crippen molar-refractivity contribution >= 4 is 27.5 Å². The van der Waals surface area contributed by atoms with E-state index in [2.05, 4.69) is 5.32 Å². The minimum Gasteiger partial charge on any atom is -0.358 e. The summed E-state index contributed by atoms with van der Waals surface area (Å²) in [6.45, 7) is -0.272. The standard InChI is InChI=1S/C4H9ClN2O3S/c1-6-4(8)2-7-11(9,10)3-5/h7H,2-3H2,1H3,(H,6,8). The summed E-state index contributed by atoms with van der Waals surface area (Å²) >= 11 is 5.04. The maximum Gasteiger partial charge on any atom is 0.234 e. The van der Waals surface area contributed by atoms with Gasteiger partial charge in [-0.25, -0.2) is 13.1 Å². The van der Waals surface area contributed by atoms with Gasteiger partial charge in [0.2, 0.25) is 15.9 Å². The molecule has 0 aliphatic heterocycles. The summed E-state index contributed by atoms with van der Waals surface area (Å²) in [6.07, 6.45) is 0. The van der Waals surface area contributed by atoms with E-state index < -0.39 is 21.1 Å². The Labute approximate surface area is 70.2 Å². The molecule has 1 amide bonds. The van der Waals surface area contributed by atoms with E-state index in [4.69, 9.17) is 11.6 Å². The van der Waals surface area contributed by atoms with Crippen LogP contribution >= 0.6 is 11.6 Å². The van der Waals surface area contributed by atoms with E-state index in [1.54, 1.807) is 0 Å². The number of sulfonamides is 1. The van der Waals surface area contributed by atoms with Crippen LogP contribution in [0.3, 0.4) is 0 Å². The molecule has 7 heteroatoms. The fourth-order valence-corrected chi connectivity index (χ4v) is 0.962.